The summed E-state index contributed by atoms with van der Waals surface area (Å²) in [7, 11) is 0. The number of rotatable bonds is 9. The topological polar surface area (TPSA) is 98.8 Å². The van der Waals surface area contributed by atoms with E-state index < -0.39 is 24.5 Å². The van der Waals surface area contributed by atoms with Crippen LogP contribution in [0.1, 0.15) is 51.4 Å². The fourth-order valence-electron chi connectivity index (χ4n) is 2.66. The molecule has 1 amide bonds. The first-order chi connectivity index (χ1) is 13.8. The molecule has 2 aromatic rings. The van der Waals surface area contributed by atoms with Crippen LogP contribution >= 0.6 is 11.3 Å². The SMILES string of the molecule is CCOC(=O)c1c(NC(=O)COC(=O)CCc2ccccc2)sc(C(C)=O)c1C. The van der Waals surface area contributed by atoms with Gasteiger partial charge in [0.1, 0.15) is 5.00 Å². The second-order valence-corrected chi connectivity index (χ2v) is 7.25. The van der Waals surface area contributed by atoms with E-state index in [1.54, 1.807) is 13.8 Å². The Hall–Kier alpha value is -3.00. The highest BCUT2D eigenvalue weighted by Crippen LogP contribution is 2.34. The predicted octanol–water partition coefficient (Wildman–Crippen LogP) is 3.55. The number of Topliss-reactive ketones (excluding diaryl/α,β-unsaturated/α-hetero) is 1. The monoisotopic (exact) mass is 417 g/mol. The first-order valence-corrected chi connectivity index (χ1v) is 9.96. The van der Waals surface area contributed by atoms with Crippen molar-refractivity contribution < 1.29 is 28.7 Å². The summed E-state index contributed by atoms with van der Waals surface area (Å²) in [5, 5.41) is 2.75. The Balaban J connectivity index is 1.97. The number of thiophene rings is 1. The smallest absolute Gasteiger partial charge is 0.341 e. The molecule has 0 unspecified atom stereocenters. The van der Waals surface area contributed by atoms with E-state index >= 15 is 0 Å². The molecule has 0 atom stereocenters. The van der Waals surface area contributed by atoms with Crippen LogP contribution in [0.15, 0.2) is 30.3 Å². The molecule has 1 N–H and O–H groups in total. The van der Waals surface area contributed by atoms with Crippen LogP contribution in [0.25, 0.3) is 0 Å². The molecule has 29 heavy (non-hydrogen) atoms. The minimum Gasteiger partial charge on any atom is -0.462 e. The Kier molecular flexibility index (Phi) is 8.09. The number of aryl methyl sites for hydroxylation is 1. The Morgan fingerprint density at radius 3 is 2.38 bits per heavy atom. The molecule has 0 aliphatic rings. The van der Waals surface area contributed by atoms with Crippen LogP contribution < -0.4 is 5.32 Å². The van der Waals surface area contributed by atoms with Crippen molar-refractivity contribution in [3.63, 3.8) is 0 Å². The molecule has 0 radical (unpaired) electrons. The zero-order chi connectivity index (χ0) is 21.4. The number of carbonyl (C=O) groups excluding carboxylic acids is 4. The van der Waals surface area contributed by atoms with E-state index in [0.29, 0.717) is 16.9 Å². The average Bonchev–Trinajstić information content (AvgIpc) is 3.02. The molecular weight excluding hydrogens is 394 g/mol. The molecule has 154 valence electrons. The summed E-state index contributed by atoms with van der Waals surface area (Å²) in [5.41, 5.74) is 1.60. The zero-order valence-electron chi connectivity index (χ0n) is 16.6. The van der Waals surface area contributed by atoms with Gasteiger partial charge < -0.3 is 14.8 Å². The van der Waals surface area contributed by atoms with Gasteiger partial charge in [0.15, 0.2) is 12.4 Å². The van der Waals surface area contributed by atoms with E-state index in [4.69, 9.17) is 9.47 Å². The Morgan fingerprint density at radius 2 is 1.76 bits per heavy atom. The van der Waals surface area contributed by atoms with Gasteiger partial charge in [0.05, 0.1) is 17.0 Å². The summed E-state index contributed by atoms with van der Waals surface area (Å²) in [6.45, 7) is 4.35. The lowest BCUT2D eigenvalue weighted by atomic mass is 10.1. The molecule has 0 bridgehead atoms. The summed E-state index contributed by atoms with van der Waals surface area (Å²) in [4.78, 5) is 48.4. The Labute approximate surface area is 173 Å². The van der Waals surface area contributed by atoms with Crippen LogP contribution in [0.3, 0.4) is 0 Å². The fraction of sp³-hybridized carbons (Fsp3) is 0.333. The van der Waals surface area contributed by atoms with Gasteiger partial charge in [-0.15, -0.1) is 11.3 Å². The lowest BCUT2D eigenvalue weighted by molar-refractivity contribution is -0.147. The van der Waals surface area contributed by atoms with Gasteiger partial charge in [0.2, 0.25) is 0 Å². The molecule has 0 saturated heterocycles. The van der Waals surface area contributed by atoms with Gasteiger partial charge in [-0.3, -0.25) is 14.4 Å². The molecule has 0 spiro atoms. The zero-order valence-corrected chi connectivity index (χ0v) is 17.4. The second-order valence-electron chi connectivity index (χ2n) is 6.23. The molecule has 1 heterocycles. The Morgan fingerprint density at radius 1 is 1.07 bits per heavy atom. The molecular formula is C21H23NO6S. The molecule has 2 rings (SSSR count). The largest absolute Gasteiger partial charge is 0.462 e. The number of esters is 2. The first kappa shape index (κ1) is 22.3. The van der Waals surface area contributed by atoms with Crippen molar-refractivity contribution in [2.45, 2.75) is 33.6 Å². The number of hydrogen-bond donors (Lipinski definition) is 1. The molecule has 8 heteroatoms. The molecule has 7 nitrogen and oxygen atoms in total. The van der Waals surface area contributed by atoms with E-state index in [1.165, 1.54) is 6.92 Å². The van der Waals surface area contributed by atoms with Gasteiger partial charge in [-0.1, -0.05) is 30.3 Å². The number of ketones is 1. The number of ether oxygens (including phenoxy) is 2. The molecule has 0 aliphatic carbocycles. The third-order valence-electron chi connectivity index (χ3n) is 4.02. The first-order valence-electron chi connectivity index (χ1n) is 9.14. The van der Waals surface area contributed by atoms with Gasteiger partial charge in [-0.05, 0) is 38.3 Å². The minimum atomic E-state index is -0.621. The second kappa shape index (κ2) is 10.5. The van der Waals surface area contributed by atoms with Gasteiger partial charge in [-0.2, -0.15) is 0 Å². The highest BCUT2D eigenvalue weighted by atomic mass is 32.1. The summed E-state index contributed by atoms with van der Waals surface area (Å²) in [5.74, 6) is -1.93. The van der Waals surface area contributed by atoms with Gasteiger partial charge in [-0.25, -0.2) is 4.79 Å². The number of amides is 1. The lowest BCUT2D eigenvalue weighted by Crippen LogP contribution is -2.22. The van der Waals surface area contributed by atoms with Crippen molar-refractivity contribution in [2.24, 2.45) is 0 Å². The summed E-state index contributed by atoms with van der Waals surface area (Å²) >= 11 is 0.996. The fourth-order valence-corrected chi connectivity index (χ4v) is 3.76. The van der Waals surface area contributed by atoms with E-state index in [0.717, 1.165) is 16.9 Å². The van der Waals surface area contributed by atoms with Crippen molar-refractivity contribution in [1.29, 1.82) is 0 Å². The highest BCUT2D eigenvalue weighted by Gasteiger charge is 2.25. The van der Waals surface area contributed by atoms with Crippen LogP contribution in [-0.2, 0) is 25.5 Å². The van der Waals surface area contributed by atoms with E-state index in [-0.39, 0.29) is 29.4 Å². The maximum absolute atomic E-state index is 12.2. The molecule has 1 aromatic heterocycles. The predicted molar refractivity (Wildman–Crippen MR) is 109 cm³/mol. The van der Waals surface area contributed by atoms with Gasteiger partial charge in [0, 0.05) is 6.42 Å². The number of carbonyl (C=O) groups is 4. The van der Waals surface area contributed by atoms with Gasteiger partial charge >= 0.3 is 11.9 Å². The molecule has 0 aliphatic heterocycles. The van der Waals surface area contributed by atoms with Crippen molar-refractivity contribution in [3.8, 4) is 0 Å². The van der Waals surface area contributed by atoms with Crippen molar-refractivity contribution in [3.05, 3.63) is 51.9 Å². The molecule has 0 fully saturated rings. The van der Waals surface area contributed by atoms with Crippen LogP contribution in [0.5, 0.6) is 0 Å². The number of nitrogens with one attached hydrogen (secondary N) is 1. The minimum absolute atomic E-state index is 0.144. The average molecular weight is 417 g/mol. The summed E-state index contributed by atoms with van der Waals surface area (Å²) < 4.78 is 10.0. The van der Waals surface area contributed by atoms with Crippen LogP contribution in [0.2, 0.25) is 0 Å². The van der Waals surface area contributed by atoms with Crippen LogP contribution in [-0.4, -0.2) is 36.8 Å². The number of benzene rings is 1. The highest BCUT2D eigenvalue weighted by molar-refractivity contribution is 7.18. The van der Waals surface area contributed by atoms with Crippen LogP contribution in [0.4, 0.5) is 5.00 Å². The Bertz CT molecular complexity index is 903. The number of hydrogen-bond acceptors (Lipinski definition) is 7. The third kappa shape index (κ3) is 6.25. The molecule has 0 saturated carbocycles. The van der Waals surface area contributed by atoms with E-state index in [1.807, 2.05) is 30.3 Å². The van der Waals surface area contributed by atoms with E-state index in [9.17, 15) is 19.2 Å². The van der Waals surface area contributed by atoms with Crippen LogP contribution in [0, 0.1) is 6.92 Å². The van der Waals surface area contributed by atoms with Gasteiger partial charge in [0.25, 0.3) is 5.91 Å². The van der Waals surface area contributed by atoms with Crippen molar-refractivity contribution in [1.82, 2.24) is 0 Å². The lowest BCUT2D eigenvalue weighted by Gasteiger charge is -2.08. The van der Waals surface area contributed by atoms with E-state index in [2.05, 4.69) is 5.32 Å². The van der Waals surface area contributed by atoms with Crippen molar-refractivity contribution >= 4 is 40.0 Å². The number of anilines is 1. The maximum Gasteiger partial charge on any atom is 0.341 e. The summed E-state index contributed by atoms with van der Waals surface area (Å²) in [6.07, 6.45) is 0.665. The van der Waals surface area contributed by atoms with Crippen molar-refractivity contribution in [2.75, 3.05) is 18.5 Å². The standard InChI is InChI=1S/C21H23NO6S/c1-4-27-21(26)18-13(2)19(14(3)23)29-20(18)22-16(24)12-28-17(25)11-10-15-8-6-5-7-9-15/h5-9H,4,10-12H2,1-3H3,(H,22,24). The third-order valence-corrected chi connectivity index (χ3v) is 5.33. The normalized spacial score (nSPS) is 10.3. The summed E-state index contributed by atoms with van der Waals surface area (Å²) in [6, 6.07) is 9.47. The molecule has 1 aromatic carbocycles. The maximum atomic E-state index is 12.2. The quantitative estimate of drug-likeness (QED) is 0.495.